The van der Waals surface area contributed by atoms with Crippen LogP contribution in [0.2, 0.25) is 0 Å². The molecule has 7 nitrogen and oxygen atoms in total. The zero-order valence-electron chi connectivity index (χ0n) is 14.8. The first-order valence-electron chi connectivity index (χ1n) is 8.07. The van der Waals surface area contributed by atoms with Crippen LogP contribution in [0, 0.1) is 20.8 Å². The van der Waals surface area contributed by atoms with Crippen LogP contribution in [0.3, 0.4) is 0 Å². The molecule has 0 aliphatic carbocycles. The number of rotatable bonds is 3. The van der Waals surface area contributed by atoms with E-state index in [9.17, 15) is 13.2 Å². The SMILES string of the molecule is Cc1cc(C(=O)N2CCN(S(=O)(=O)c3cnn(C)c3C)CC2)sc1C. The Hall–Kier alpha value is -1.71. The van der Waals surface area contributed by atoms with Gasteiger partial charge in [0.25, 0.3) is 5.91 Å². The Morgan fingerprint density at radius 2 is 1.80 bits per heavy atom. The average molecular weight is 383 g/mol. The molecule has 1 aliphatic heterocycles. The molecule has 0 saturated carbocycles. The quantitative estimate of drug-likeness (QED) is 0.807. The third-order valence-electron chi connectivity index (χ3n) is 4.71. The summed E-state index contributed by atoms with van der Waals surface area (Å²) in [4.78, 5) is 16.4. The molecule has 1 aliphatic rings. The summed E-state index contributed by atoms with van der Waals surface area (Å²) in [5, 5.41) is 4.02. The number of thiophene rings is 1. The molecule has 2 aromatic rings. The third kappa shape index (κ3) is 3.23. The highest BCUT2D eigenvalue weighted by atomic mass is 32.2. The van der Waals surface area contributed by atoms with Gasteiger partial charge in [-0.15, -0.1) is 11.3 Å². The zero-order chi connectivity index (χ0) is 18.4. The third-order valence-corrected chi connectivity index (χ3v) is 7.85. The van der Waals surface area contributed by atoms with Gasteiger partial charge in [-0.3, -0.25) is 9.48 Å². The fourth-order valence-electron chi connectivity index (χ4n) is 2.84. The summed E-state index contributed by atoms with van der Waals surface area (Å²) in [7, 11) is -1.86. The number of hydrogen-bond acceptors (Lipinski definition) is 5. The summed E-state index contributed by atoms with van der Waals surface area (Å²) in [5.74, 6) is -0.0178. The molecule has 0 radical (unpaired) electrons. The highest BCUT2D eigenvalue weighted by Gasteiger charge is 2.32. The van der Waals surface area contributed by atoms with Gasteiger partial charge in [-0.05, 0) is 32.4 Å². The fourth-order valence-corrected chi connectivity index (χ4v) is 5.45. The van der Waals surface area contributed by atoms with Gasteiger partial charge >= 0.3 is 0 Å². The maximum absolute atomic E-state index is 12.8. The summed E-state index contributed by atoms with van der Waals surface area (Å²) in [6, 6.07) is 1.91. The van der Waals surface area contributed by atoms with Crippen molar-refractivity contribution in [1.82, 2.24) is 19.0 Å². The summed E-state index contributed by atoms with van der Waals surface area (Å²) < 4.78 is 28.6. The van der Waals surface area contributed by atoms with Gasteiger partial charge in [0.05, 0.1) is 16.8 Å². The molecule has 1 saturated heterocycles. The van der Waals surface area contributed by atoms with Gasteiger partial charge in [0.2, 0.25) is 10.0 Å². The fraction of sp³-hybridized carbons (Fsp3) is 0.500. The summed E-state index contributed by atoms with van der Waals surface area (Å²) in [5.41, 5.74) is 1.73. The summed E-state index contributed by atoms with van der Waals surface area (Å²) >= 11 is 1.49. The van der Waals surface area contributed by atoms with Crippen molar-refractivity contribution in [2.75, 3.05) is 26.2 Å². The van der Waals surface area contributed by atoms with Crippen LogP contribution in [0.5, 0.6) is 0 Å². The van der Waals surface area contributed by atoms with Crippen LogP contribution < -0.4 is 0 Å². The van der Waals surface area contributed by atoms with Gasteiger partial charge in [0.1, 0.15) is 4.90 Å². The normalized spacial score (nSPS) is 16.4. The number of nitrogens with zero attached hydrogens (tertiary/aromatic N) is 4. The van der Waals surface area contributed by atoms with Crippen LogP contribution in [0.15, 0.2) is 17.2 Å². The smallest absolute Gasteiger partial charge is 0.264 e. The van der Waals surface area contributed by atoms with E-state index in [2.05, 4.69) is 5.10 Å². The minimum Gasteiger partial charge on any atom is -0.335 e. The van der Waals surface area contributed by atoms with Crippen molar-refractivity contribution < 1.29 is 13.2 Å². The zero-order valence-corrected chi connectivity index (χ0v) is 16.4. The summed E-state index contributed by atoms with van der Waals surface area (Å²) in [6.45, 7) is 7.11. The molecule has 0 bridgehead atoms. The Morgan fingerprint density at radius 1 is 1.16 bits per heavy atom. The van der Waals surface area contributed by atoms with Crippen LogP contribution in [-0.4, -0.2) is 59.5 Å². The second-order valence-electron chi connectivity index (χ2n) is 6.26. The molecule has 136 valence electrons. The van der Waals surface area contributed by atoms with Crippen molar-refractivity contribution in [1.29, 1.82) is 0 Å². The second kappa shape index (κ2) is 6.54. The van der Waals surface area contributed by atoms with Crippen LogP contribution in [0.1, 0.15) is 25.8 Å². The average Bonchev–Trinajstić information content (AvgIpc) is 3.10. The van der Waals surface area contributed by atoms with E-state index in [0.29, 0.717) is 31.9 Å². The van der Waals surface area contributed by atoms with E-state index in [1.807, 2.05) is 19.9 Å². The van der Waals surface area contributed by atoms with Gasteiger partial charge in [0, 0.05) is 38.1 Å². The van der Waals surface area contributed by atoms with Gasteiger partial charge in [-0.1, -0.05) is 0 Å². The minimum atomic E-state index is -3.57. The molecule has 0 aromatic carbocycles. The predicted molar refractivity (Wildman–Crippen MR) is 96.4 cm³/mol. The van der Waals surface area contributed by atoms with Crippen LogP contribution in [-0.2, 0) is 17.1 Å². The maximum atomic E-state index is 12.8. The van der Waals surface area contributed by atoms with Crippen LogP contribution in [0.4, 0.5) is 0 Å². The topological polar surface area (TPSA) is 75.5 Å². The van der Waals surface area contributed by atoms with Gasteiger partial charge in [0.15, 0.2) is 0 Å². The molecule has 0 spiro atoms. The van der Waals surface area contributed by atoms with Gasteiger partial charge in [-0.25, -0.2) is 8.42 Å². The number of carbonyl (C=O) groups excluding carboxylic acids is 1. The van der Waals surface area contributed by atoms with Crippen molar-refractivity contribution in [2.45, 2.75) is 25.7 Å². The lowest BCUT2D eigenvalue weighted by Gasteiger charge is -2.33. The number of sulfonamides is 1. The number of hydrogen-bond donors (Lipinski definition) is 0. The van der Waals surface area contributed by atoms with E-state index >= 15 is 0 Å². The van der Waals surface area contributed by atoms with Crippen molar-refractivity contribution in [2.24, 2.45) is 7.05 Å². The Balaban J connectivity index is 1.71. The molecule has 25 heavy (non-hydrogen) atoms. The molecule has 1 amide bonds. The Labute approximate surface area is 151 Å². The van der Waals surface area contributed by atoms with E-state index in [0.717, 1.165) is 15.3 Å². The molecule has 3 heterocycles. The molecule has 3 rings (SSSR count). The standard InChI is InChI=1S/C16H22N4O3S2/c1-11-9-14(24-13(11)3)16(21)19-5-7-20(8-6-19)25(22,23)15-10-17-18(4)12(15)2/h9-10H,5-8H2,1-4H3. The van der Waals surface area contributed by atoms with Crippen molar-refractivity contribution >= 4 is 27.3 Å². The number of piperazine rings is 1. The van der Waals surface area contributed by atoms with Crippen molar-refractivity contribution in [3.8, 4) is 0 Å². The lowest BCUT2D eigenvalue weighted by molar-refractivity contribution is 0.0702. The van der Waals surface area contributed by atoms with Gasteiger partial charge < -0.3 is 4.90 Å². The van der Waals surface area contributed by atoms with E-state index in [4.69, 9.17) is 0 Å². The molecular weight excluding hydrogens is 360 g/mol. The Morgan fingerprint density at radius 3 is 2.28 bits per heavy atom. The highest BCUT2D eigenvalue weighted by molar-refractivity contribution is 7.89. The van der Waals surface area contributed by atoms with Crippen LogP contribution >= 0.6 is 11.3 Å². The number of aryl methyl sites for hydroxylation is 3. The molecule has 1 fully saturated rings. The van der Waals surface area contributed by atoms with Crippen LogP contribution in [0.25, 0.3) is 0 Å². The van der Waals surface area contributed by atoms with E-state index in [-0.39, 0.29) is 10.8 Å². The Bertz CT molecular complexity index is 886. The Kier molecular flexibility index (Phi) is 4.74. The van der Waals surface area contributed by atoms with E-state index in [1.54, 1.807) is 23.6 Å². The number of amides is 1. The first kappa shape index (κ1) is 18.1. The predicted octanol–water partition coefficient (Wildman–Crippen LogP) is 1.55. The van der Waals surface area contributed by atoms with Crippen molar-refractivity contribution in [3.63, 3.8) is 0 Å². The number of aromatic nitrogens is 2. The second-order valence-corrected chi connectivity index (χ2v) is 9.43. The van der Waals surface area contributed by atoms with E-state index < -0.39 is 10.0 Å². The largest absolute Gasteiger partial charge is 0.335 e. The van der Waals surface area contributed by atoms with Crippen molar-refractivity contribution in [3.05, 3.63) is 33.3 Å². The minimum absolute atomic E-state index is 0.0178. The van der Waals surface area contributed by atoms with Gasteiger partial charge in [-0.2, -0.15) is 9.40 Å². The molecule has 2 aromatic heterocycles. The lowest BCUT2D eigenvalue weighted by Crippen LogP contribution is -2.50. The number of carbonyl (C=O) groups is 1. The summed E-state index contributed by atoms with van der Waals surface area (Å²) in [6.07, 6.45) is 1.39. The van der Waals surface area contributed by atoms with E-state index in [1.165, 1.54) is 21.8 Å². The molecule has 0 unspecified atom stereocenters. The molecule has 9 heteroatoms. The first-order valence-corrected chi connectivity index (χ1v) is 10.3. The highest BCUT2D eigenvalue weighted by Crippen LogP contribution is 2.24. The monoisotopic (exact) mass is 382 g/mol. The molecule has 0 atom stereocenters. The molecular formula is C16H22N4O3S2. The maximum Gasteiger partial charge on any atom is 0.264 e. The molecule has 0 N–H and O–H groups in total. The lowest BCUT2D eigenvalue weighted by atomic mass is 10.2. The first-order chi connectivity index (χ1) is 11.7.